The molecule has 10 nitrogen and oxygen atoms in total. The molecular formula is C30H27Cl3N3O7P. The predicted octanol–water partition coefficient (Wildman–Crippen LogP) is 8.84. The van der Waals surface area contributed by atoms with Gasteiger partial charge in [-0.2, -0.15) is 4.57 Å². The van der Waals surface area contributed by atoms with Crippen molar-refractivity contribution in [1.82, 2.24) is 0 Å². The van der Waals surface area contributed by atoms with E-state index in [0.717, 1.165) is 0 Å². The molecule has 0 heterocycles. The highest BCUT2D eigenvalue weighted by molar-refractivity contribution is 7.49. The van der Waals surface area contributed by atoms with Gasteiger partial charge in [-0.15, -0.1) is 0 Å². The molecule has 0 saturated carbocycles. The molecule has 0 spiro atoms. The Hall–Kier alpha value is -4.21. The van der Waals surface area contributed by atoms with Gasteiger partial charge in [0.1, 0.15) is 17.2 Å². The van der Waals surface area contributed by atoms with Crippen LogP contribution in [0, 0.1) is 0 Å². The van der Waals surface area contributed by atoms with E-state index in [1.165, 1.54) is 75.4 Å². The summed E-state index contributed by atoms with van der Waals surface area (Å²) < 4.78 is 31.4. The fourth-order valence-electron chi connectivity index (χ4n) is 3.10. The number of amides is 3. The van der Waals surface area contributed by atoms with Crippen LogP contribution in [0.2, 0.25) is 15.1 Å². The van der Waals surface area contributed by atoms with Crippen LogP contribution in [-0.2, 0) is 18.9 Å². The summed E-state index contributed by atoms with van der Waals surface area (Å²) in [5, 5.41) is 8.20. The molecule has 230 valence electrons. The summed E-state index contributed by atoms with van der Waals surface area (Å²) in [6.45, 7) is 15.3. The second-order valence-electron chi connectivity index (χ2n) is 9.35. The first-order valence-electron chi connectivity index (χ1n) is 12.5. The summed E-state index contributed by atoms with van der Waals surface area (Å²) in [5.74, 6) is -1.71. The van der Waals surface area contributed by atoms with Gasteiger partial charge in [0.25, 0.3) is 17.7 Å². The van der Waals surface area contributed by atoms with Gasteiger partial charge in [-0.3, -0.25) is 14.4 Å². The number of hydrogen-bond donors (Lipinski definition) is 3. The quantitative estimate of drug-likeness (QED) is 0.129. The molecule has 3 amide bonds. The van der Waals surface area contributed by atoms with Crippen molar-refractivity contribution in [2.45, 2.75) is 20.8 Å². The number of hydrogen-bond acceptors (Lipinski definition) is 7. The third kappa shape index (κ3) is 9.39. The third-order valence-corrected chi connectivity index (χ3v) is 7.66. The molecule has 0 aliphatic carbocycles. The number of anilines is 3. The molecular weight excluding hydrogens is 652 g/mol. The molecule has 0 unspecified atom stereocenters. The number of nitrogens with one attached hydrogen (secondary N) is 3. The second-order valence-corrected chi connectivity index (χ2v) is 12.0. The molecule has 0 aliphatic heterocycles. The van der Waals surface area contributed by atoms with Crippen molar-refractivity contribution in [3.8, 4) is 17.2 Å². The lowest BCUT2D eigenvalue weighted by Gasteiger charge is -2.21. The maximum Gasteiger partial charge on any atom is 0.647 e. The van der Waals surface area contributed by atoms with Gasteiger partial charge in [0, 0.05) is 34.9 Å². The Kier molecular flexibility index (Phi) is 11.3. The van der Waals surface area contributed by atoms with Crippen LogP contribution in [0.25, 0.3) is 0 Å². The highest BCUT2D eigenvalue weighted by Crippen LogP contribution is 2.51. The number of phosphoric ester groups is 1. The highest BCUT2D eigenvalue weighted by Gasteiger charge is 2.34. The predicted molar refractivity (Wildman–Crippen MR) is 174 cm³/mol. The SMILES string of the molecule is C=C(C)C(=O)Nc1cc(OP(=O)(Oc2ccc(Cl)c(NC(=O)C(=C)C)c2)Oc2ccc(Cl)c(NC(=O)C(=C)C)c2)ccc1Cl. The molecule has 0 fully saturated rings. The summed E-state index contributed by atoms with van der Waals surface area (Å²) in [7, 11) is -4.67. The van der Waals surface area contributed by atoms with Crippen LogP contribution in [0.5, 0.6) is 17.2 Å². The standard InChI is InChI=1S/C30H27Cl3N3O7P/c1-16(2)28(37)34-25-13-19(7-10-22(25)31)41-44(40,42-20-8-11-23(32)26(14-20)35-29(38)17(3)4)43-21-9-12-24(33)27(15-21)36-30(39)18(5)6/h7-15H,1,3,5H2,2,4,6H3,(H,34,37)(H,35,38)(H,36,39). The molecule has 44 heavy (non-hydrogen) atoms. The lowest BCUT2D eigenvalue weighted by molar-refractivity contribution is -0.113. The molecule has 3 aromatic carbocycles. The van der Waals surface area contributed by atoms with E-state index in [2.05, 4.69) is 35.7 Å². The summed E-state index contributed by atoms with van der Waals surface area (Å²) >= 11 is 18.7. The zero-order valence-corrected chi connectivity index (χ0v) is 26.9. The molecule has 0 aromatic heterocycles. The average Bonchev–Trinajstić information content (AvgIpc) is 2.93. The van der Waals surface area contributed by atoms with Crippen molar-refractivity contribution in [3.05, 3.63) is 106 Å². The number of halogens is 3. The van der Waals surface area contributed by atoms with E-state index >= 15 is 0 Å². The van der Waals surface area contributed by atoms with Gasteiger partial charge in [0.2, 0.25) is 0 Å². The zero-order chi connectivity index (χ0) is 32.8. The van der Waals surface area contributed by atoms with Crippen LogP contribution in [0.15, 0.2) is 91.1 Å². The molecule has 0 aliphatic rings. The van der Waals surface area contributed by atoms with Crippen LogP contribution in [0.4, 0.5) is 17.1 Å². The monoisotopic (exact) mass is 677 g/mol. The van der Waals surface area contributed by atoms with E-state index in [0.29, 0.717) is 0 Å². The van der Waals surface area contributed by atoms with E-state index in [9.17, 15) is 18.9 Å². The van der Waals surface area contributed by atoms with E-state index in [1.54, 1.807) is 0 Å². The summed E-state index contributed by atoms with van der Waals surface area (Å²) in [5.41, 5.74) is 1.07. The highest BCUT2D eigenvalue weighted by atomic mass is 35.5. The third-order valence-electron chi connectivity index (χ3n) is 5.37. The van der Waals surface area contributed by atoms with E-state index in [-0.39, 0.29) is 66.1 Å². The smallest absolute Gasteiger partial charge is 0.386 e. The molecule has 0 radical (unpaired) electrons. The Bertz CT molecular complexity index is 1540. The number of carbonyl (C=O) groups is 3. The number of benzene rings is 3. The van der Waals surface area contributed by atoms with Crippen molar-refractivity contribution in [3.63, 3.8) is 0 Å². The van der Waals surface area contributed by atoms with Crippen molar-refractivity contribution in [2.75, 3.05) is 16.0 Å². The van der Waals surface area contributed by atoms with Gasteiger partial charge < -0.3 is 29.5 Å². The molecule has 0 bridgehead atoms. The van der Waals surface area contributed by atoms with Gasteiger partial charge in [0.05, 0.1) is 32.1 Å². The van der Waals surface area contributed by atoms with Crippen molar-refractivity contribution in [1.29, 1.82) is 0 Å². The van der Waals surface area contributed by atoms with Gasteiger partial charge in [-0.25, -0.2) is 0 Å². The Morgan fingerprint density at radius 3 is 1.05 bits per heavy atom. The maximum atomic E-state index is 14.2. The van der Waals surface area contributed by atoms with Crippen LogP contribution in [0.1, 0.15) is 20.8 Å². The minimum absolute atomic E-state index is 0.0655. The van der Waals surface area contributed by atoms with Crippen LogP contribution in [-0.4, -0.2) is 17.7 Å². The fraction of sp³-hybridized carbons (Fsp3) is 0.100. The minimum Gasteiger partial charge on any atom is -0.386 e. The number of carbonyl (C=O) groups excluding carboxylic acids is 3. The topological polar surface area (TPSA) is 132 Å². The Morgan fingerprint density at radius 1 is 0.568 bits per heavy atom. The molecule has 14 heteroatoms. The van der Waals surface area contributed by atoms with Crippen molar-refractivity contribution >= 4 is 77.4 Å². The summed E-state index contributed by atoms with van der Waals surface area (Å²) in [6, 6.07) is 12.2. The zero-order valence-electron chi connectivity index (χ0n) is 23.8. The van der Waals surface area contributed by atoms with Crippen LogP contribution >= 0.6 is 42.6 Å². The Morgan fingerprint density at radius 2 is 0.818 bits per heavy atom. The maximum absolute atomic E-state index is 14.2. The molecule has 3 rings (SSSR count). The van der Waals surface area contributed by atoms with E-state index in [1.807, 2.05) is 0 Å². The minimum atomic E-state index is -4.67. The van der Waals surface area contributed by atoms with Crippen molar-refractivity contribution < 1.29 is 32.5 Å². The summed E-state index contributed by atoms with van der Waals surface area (Å²) in [4.78, 5) is 36.6. The first-order valence-corrected chi connectivity index (χ1v) is 15.1. The van der Waals surface area contributed by atoms with E-state index in [4.69, 9.17) is 48.4 Å². The summed E-state index contributed by atoms with van der Waals surface area (Å²) in [6.07, 6.45) is 0. The lowest BCUT2D eigenvalue weighted by atomic mass is 10.2. The number of rotatable bonds is 12. The van der Waals surface area contributed by atoms with Crippen LogP contribution < -0.4 is 29.5 Å². The second kappa shape index (κ2) is 14.5. The van der Waals surface area contributed by atoms with Crippen molar-refractivity contribution in [2.24, 2.45) is 0 Å². The van der Waals surface area contributed by atoms with Gasteiger partial charge in [-0.1, -0.05) is 54.5 Å². The molecule has 0 atom stereocenters. The van der Waals surface area contributed by atoms with Gasteiger partial charge in [0.15, 0.2) is 0 Å². The number of phosphoric acid groups is 1. The lowest BCUT2D eigenvalue weighted by Crippen LogP contribution is -2.13. The Labute approximate surface area is 269 Å². The van der Waals surface area contributed by atoms with Crippen LogP contribution in [0.3, 0.4) is 0 Å². The van der Waals surface area contributed by atoms with Gasteiger partial charge in [-0.05, 0) is 57.2 Å². The average molecular weight is 679 g/mol. The van der Waals surface area contributed by atoms with Gasteiger partial charge >= 0.3 is 7.82 Å². The first-order chi connectivity index (χ1) is 20.6. The first kappa shape index (κ1) is 34.3. The normalized spacial score (nSPS) is 10.7. The van der Waals surface area contributed by atoms with E-state index < -0.39 is 25.5 Å². The molecule has 3 aromatic rings. The fourth-order valence-corrected chi connectivity index (χ4v) is 4.82. The molecule has 3 N–H and O–H groups in total. The molecule has 0 saturated heterocycles. The largest absolute Gasteiger partial charge is 0.647 e. The Balaban J connectivity index is 2.04.